The highest BCUT2D eigenvalue weighted by Crippen LogP contribution is 2.28. The van der Waals surface area contributed by atoms with Crippen molar-refractivity contribution in [3.8, 4) is 0 Å². The van der Waals surface area contributed by atoms with Crippen LogP contribution in [0.2, 0.25) is 0 Å². The van der Waals surface area contributed by atoms with Crippen LogP contribution in [0.4, 0.5) is 0 Å². The highest BCUT2D eigenvalue weighted by Gasteiger charge is 2.19. The van der Waals surface area contributed by atoms with Crippen LogP contribution in [0.5, 0.6) is 0 Å². The second-order valence-electron chi connectivity index (χ2n) is 3.72. The molecule has 0 saturated heterocycles. The van der Waals surface area contributed by atoms with E-state index in [1.54, 1.807) is 12.4 Å². The predicted octanol–water partition coefficient (Wildman–Crippen LogP) is 3.09. The van der Waals surface area contributed by atoms with Crippen LogP contribution in [0, 0.1) is 0 Å². The van der Waals surface area contributed by atoms with Crippen LogP contribution < -0.4 is 0 Å². The van der Waals surface area contributed by atoms with Crippen molar-refractivity contribution in [2.75, 3.05) is 0 Å². The van der Waals surface area contributed by atoms with E-state index in [9.17, 15) is 0 Å². The van der Waals surface area contributed by atoms with Crippen molar-refractivity contribution in [2.24, 2.45) is 20.5 Å². The highest BCUT2D eigenvalue weighted by molar-refractivity contribution is 5.10. The molecule has 0 aromatic carbocycles. The number of azo groups is 2. The molecule has 88 valence electrons. The summed E-state index contributed by atoms with van der Waals surface area (Å²) in [6.07, 6.45) is 2.52. The molecule has 0 amide bonds. The predicted molar refractivity (Wildman–Crippen MR) is 63.7 cm³/mol. The van der Waals surface area contributed by atoms with Gasteiger partial charge in [0.15, 0.2) is 0 Å². The Hall–Kier alpha value is -2.50. The lowest BCUT2D eigenvalue weighted by Gasteiger charge is -2.12. The molecule has 6 nitrogen and oxygen atoms in total. The number of rotatable bonds is 2. The van der Waals surface area contributed by atoms with E-state index in [4.69, 9.17) is 0 Å². The number of aromatic nitrogens is 2. The van der Waals surface area contributed by atoms with Gasteiger partial charge in [0.2, 0.25) is 12.3 Å². The number of hydrogen-bond donors (Lipinski definition) is 0. The number of hydrogen-bond acceptors (Lipinski definition) is 6. The third-order valence-electron chi connectivity index (χ3n) is 2.48. The molecule has 1 aliphatic heterocycles. The van der Waals surface area contributed by atoms with E-state index >= 15 is 0 Å². The normalized spacial score (nSPS) is 22.0. The van der Waals surface area contributed by atoms with Crippen LogP contribution >= 0.6 is 0 Å². The second-order valence-corrected chi connectivity index (χ2v) is 3.72. The van der Waals surface area contributed by atoms with E-state index in [0.29, 0.717) is 0 Å². The molecule has 0 fully saturated rings. The van der Waals surface area contributed by atoms with Crippen LogP contribution in [0.15, 0.2) is 69.2 Å². The van der Waals surface area contributed by atoms with Crippen LogP contribution in [-0.2, 0) is 0 Å². The highest BCUT2D eigenvalue weighted by atomic mass is 15.4. The third-order valence-corrected chi connectivity index (χ3v) is 2.48. The van der Waals surface area contributed by atoms with Gasteiger partial charge in [-0.2, -0.15) is 20.5 Å². The molecule has 0 unspecified atom stereocenters. The maximum absolute atomic E-state index is 4.18. The van der Waals surface area contributed by atoms with Gasteiger partial charge in [0, 0.05) is 12.4 Å². The maximum atomic E-state index is 4.18. The summed E-state index contributed by atoms with van der Waals surface area (Å²) >= 11 is 0. The molecule has 18 heavy (non-hydrogen) atoms. The molecule has 2 aromatic heterocycles. The van der Waals surface area contributed by atoms with Gasteiger partial charge in [0.25, 0.3) is 0 Å². The monoisotopic (exact) mass is 238 g/mol. The van der Waals surface area contributed by atoms with Gasteiger partial charge in [-0.1, -0.05) is 12.1 Å². The van der Waals surface area contributed by atoms with Crippen molar-refractivity contribution < 1.29 is 0 Å². The number of nitrogens with zero attached hydrogens (tertiary/aromatic N) is 6. The molecular weight excluding hydrogens is 228 g/mol. The second kappa shape index (κ2) is 4.79. The topological polar surface area (TPSA) is 75.2 Å². The Bertz CT molecular complexity index is 500. The molecular formula is C12H10N6. The summed E-state index contributed by atoms with van der Waals surface area (Å²) in [5.74, 6) is 0. The molecule has 3 heterocycles. The third kappa shape index (κ3) is 2.13. The van der Waals surface area contributed by atoms with Gasteiger partial charge < -0.3 is 0 Å². The molecule has 2 aromatic rings. The van der Waals surface area contributed by atoms with Crippen LogP contribution in [-0.4, -0.2) is 9.97 Å². The first-order valence-corrected chi connectivity index (χ1v) is 5.55. The van der Waals surface area contributed by atoms with E-state index in [-0.39, 0.29) is 0 Å². The maximum Gasteiger partial charge on any atom is 0.222 e. The Labute approximate surface area is 104 Å². The average Bonchev–Trinajstić information content (AvgIpc) is 2.49. The van der Waals surface area contributed by atoms with E-state index in [1.807, 2.05) is 36.4 Å². The fraction of sp³-hybridized carbons (Fsp3) is 0.167. The average molecular weight is 238 g/mol. The quantitative estimate of drug-likeness (QED) is 0.806. The van der Waals surface area contributed by atoms with Gasteiger partial charge in [-0.25, -0.2) is 0 Å². The summed E-state index contributed by atoms with van der Waals surface area (Å²) in [4.78, 5) is 8.35. The molecule has 0 saturated carbocycles. The summed E-state index contributed by atoms with van der Waals surface area (Å²) in [7, 11) is 0. The molecule has 0 N–H and O–H groups in total. The van der Waals surface area contributed by atoms with Crippen molar-refractivity contribution in [1.29, 1.82) is 0 Å². The van der Waals surface area contributed by atoms with Crippen molar-refractivity contribution in [2.45, 2.75) is 12.3 Å². The van der Waals surface area contributed by atoms with Gasteiger partial charge in [-0.15, -0.1) is 0 Å². The lowest BCUT2D eigenvalue weighted by molar-refractivity contribution is 0.503. The minimum Gasteiger partial charge on any atom is -0.257 e. The van der Waals surface area contributed by atoms with E-state index < -0.39 is 12.3 Å². The Morgan fingerprint density at radius 2 is 1.06 bits per heavy atom. The molecule has 0 radical (unpaired) electrons. The standard InChI is InChI=1S/C12H10N6/c1-3-7-13-9(5-1)11-15-17-12(18-16-11)10-6-2-4-8-14-10/h1-8,11-12H. The molecule has 0 bridgehead atoms. The van der Waals surface area contributed by atoms with Gasteiger partial charge in [0.1, 0.15) is 0 Å². The van der Waals surface area contributed by atoms with Crippen molar-refractivity contribution in [1.82, 2.24) is 9.97 Å². The largest absolute Gasteiger partial charge is 0.257 e. The molecule has 6 heteroatoms. The summed E-state index contributed by atoms with van der Waals surface area (Å²) < 4.78 is 0. The lowest BCUT2D eigenvalue weighted by Crippen LogP contribution is -2.02. The van der Waals surface area contributed by atoms with Gasteiger partial charge >= 0.3 is 0 Å². The number of pyridine rings is 2. The Morgan fingerprint density at radius 3 is 1.39 bits per heavy atom. The lowest BCUT2D eigenvalue weighted by atomic mass is 10.3. The Balaban J connectivity index is 1.79. The first kappa shape index (κ1) is 10.6. The van der Waals surface area contributed by atoms with Gasteiger partial charge in [0.05, 0.1) is 11.4 Å². The fourth-order valence-corrected chi connectivity index (χ4v) is 1.59. The van der Waals surface area contributed by atoms with E-state index in [0.717, 1.165) is 11.4 Å². The molecule has 0 aliphatic carbocycles. The van der Waals surface area contributed by atoms with Gasteiger partial charge in [-0.05, 0) is 24.3 Å². The SMILES string of the molecule is c1ccc(C2N=NC(c3ccccn3)N=N2)nc1. The zero-order valence-electron chi connectivity index (χ0n) is 9.46. The minimum atomic E-state index is -0.439. The Kier molecular flexibility index (Phi) is 2.83. The van der Waals surface area contributed by atoms with Crippen molar-refractivity contribution in [3.63, 3.8) is 0 Å². The molecule has 3 rings (SSSR count). The minimum absolute atomic E-state index is 0.439. The van der Waals surface area contributed by atoms with Gasteiger partial charge in [-0.3, -0.25) is 9.97 Å². The van der Waals surface area contributed by atoms with Crippen LogP contribution in [0.3, 0.4) is 0 Å². The zero-order valence-corrected chi connectivity index (χ0v) is 9.46. The first-order valence-electron chi connectivity index (χ1n) is 5.55. The van der Waals surface area contributed by atoms with E-state index in [1.165, 1.54) is 0 Å². The molecule has 1 aliphatic rings. The Morgan fingerprint density at radius 1 is 0.611 bits per heavy atom. The zero-order chi connectivity index (χ0) is 12.2. The summed E-state index contributed by atoms with van der Waals surface area (Å²) in [5, 5.41) is 16.5. The summed E-state index contributed by atoms with van der Waals surface area (Å²) in [6.45, 7) is 0. The fourth-order valence-electron chi connectivity index (χ4n) is 1.59. The van der Waals surface area contributed by atoms with E-state index in [2.05, 4.69) is 30.4 Å². The first-order chi connectivity index (χ1) is 8.93. The van der Waals surface area contributed by atoms with Crippen molar-refractivity contribution in [3.05, 3.63) is 60.2 Å². The van der Waals surface area contributed by atoms with Crippen molar-refractivity contribution >= 4 is 0 Å². The smallest absolute Gasteiger partial charge is 0.222 e. The summed E-state index contributed by atoms with van der Waals surface area (Å²) in [5.41, 5.74) is 1.48. The summed E-state index contributed by atoms with van der Waals surface area (Å²) in [6, 6.07) is 11.2. The van der Waals surface area contributed by atoms with Crippen LogP contribution in [0.25, 0.3) is 0 Å². The molecule has 0 atom stereocenters. The molecule has 0 spiro atoms. The van der Waals surface area contributed by atoms with Crippen LogP contribution in [0.1, 0.15) is 23.7 Å².